The zero-order valence-electron chi connectivity index (χ0n) is 17.0. The fourth-order valence-corrected chi connectivity index (χ4v) is 4.05. The Kier molecular flexibility index (Phi) is 5.96. The van der Waals surface area contributed by atoms with Gasteiger partial charge in [0.15, 0.2) is 11.6 Å². The number of halogens is 2. The molecule has 2 saturated heterocycles. The SMILES string of the molecule is CC1CCCCN1c1ccc(N2CCN(C(=O)Nc3cc(F)cc(F)c3)CC2)nn1. The number of amides is 2. The Labute approximate surface area is 174 Å². The minimum absolute atomic E-state index is 0.105. The van der Waals surface area contributed by atoms with Crippen molar-refractivity contribution in [3.63, 3.8) is 0 Å². The van der Waals surface area contributed by atoms with Crippen LogP contribution in [0.15, 0.2) is 30.3 Å². The predicted octanol–water partition coefficient (Wildman–Crippen LogP) is 3.49. The molecule has 7 nitrogen and oxygen atoms in total. The van der Waals surface area contributed by atoms with Crippen molar-refractivity contribution >= 4 is 23.4 Å². The Morgan fingerprint density at radius 2 is 1.63 bits per heavy atom. The summed E-state index contributed by atoms with van der Waals surface area (Å²) in [6.45, 7) is 5.42. The van der Waals surface area contributed by atoms with Crippen LogP contribution in [0.25, 0.3) is 0 Å². The monoisotopic (exact) mass is 416 g/mol. The molecule has 9 heteroatoms. The third-order valence-corrected chi connectivity index (χ3v) is 5.74. The number of nitrogens with zero attached hydrogens (tertiary/aromatic N) is 5. The number of urea groups is 1. The topological polar surface area (TPSA) is 64.6 Å². The first-order valence-electron chi connectivity index (χ1n) is 10.4. The van der Waals surface area contributed by atoms with Gasteiger partial charge in [0.1, 0.15) is 11.6 Å². The van der Waals surface area contributed by atoms with Crippen LogP contribution in [0.4, 0.5) is 30.9 Å². The Morgan fingerprint density at radius 3 is 2.27 bits per heavy atom. The average Bonchev–Trinajstić information content (AvgIpc) is 2.74. The van der Waals surface area contributed by atoms with Crippen molar-refractivity contribution in [1.82, 2.24) is 15.1 Å². The van der Waals surface area contributed by atoms with E-state index in [4.69, 9.17) is 0 Å². The number of benzene rings is 1. The van der Waals surface area contributed by atoms with Crippen LogP contribution in [-0.2, 0) is 0 Å². The number of anilines is 3. The first-order chi connectivity index (χ1) is 14.5. The van der Waals surface area contributed by atoms with Crippen molar-refractivity contribution in [2.24, 2.45) is 0 Å². The van der Waals surface area contributed by atoms with Gasteiger partial charge in [-0.1, -0.05) is 0 Å². The third kappa shape index (κ3) is 4.60. The molecule has 1 aromatic heterocycles. The molecule has 1 aromatic carbocycles. The van der Waals surface area contributed by atoms with Gasteiger partial charge in [0.2, 0.25) is 0 Å². The summed E-state index contributed by atoms with van der Waals surface area (Å²) in [4.78, 5) is 18.4. The summed E-state index contributed by atoms with van der Waals surface area (Å²) in [5.41, 5.74) is 0.105. The second-order valence-electron chi connectivity index (χ2n) is 7.85. The third-order valence-electron chi connectivity index (χ3n) is 5.74. The van der Waals surface area contributed by atoms with Crippen molar-refractivity contribution in [1.29, 1.82) is 0 Å². The molecule has 3 heterocycles. The largest absolute Gasteiger partial charge is 0.352 e. The summed E-state index contributed by atoms with van der Waals surface area (Å²) in [5, 5.41) is 11.4. The normalized spacial score (nSPS) is 19.7. The lowest BCUT2D eigenvalue weighted by Gasteiger charge is -2.36. The maximum absolute atomic E-state index is 13.3. The molecule has 1 N–H and O–H groups in total. The van der Waals surface area contributed by atoms with E-state index < -0.39 is 11.6 Å². The number of piperazine rings is 1. The lowest BCUT2D eigenvalue weighted by Crippen LogP contribution is -2.50. The van der Waals surface area contributed by atoms with Gasteiger partial charge < -0.3 is 20.0 Å². The number of carbonyl (C=O) groups is 1. The number of carbonyl (C=O) groups excluding carboxylic acids is 1. The van der Waals surface area contributed by atoms with Crippen molar-refractivity contribution in [2.45, 2.75) is 32.2 Å². The highest BCUT2D eigenvalue weighted by Gasteiger charge is 2.24. The molecule has 2 aliphatic rings. The van der Waals surface area contributed by atoms with Gasteiger partial charge in [-0.2, -0.15) is 0 Å². The molecule has 0 radical (unpaired) electrons. The molecule has 1 atom stereocenters. The summed E-state index contributed by atoms with van der Waals surface area (Å²) < 4.78 is 26.6. The maximum Gasteiger partial charge on any atom is 0.321 e. The predicted molar refractivity (Wildman–Crippen MR) is 112 cm³/mol. The molecular weight excluding hydrogens is 390 g/mol. The number of hydrogen-bond acceptors (Lipinski definition) is 5. The van der Waals surface area contributed by atoms with Crippen LogP contribution < -0.4 is 15.1 Å². The molecule has 0 saturated carbocycles. The lowest BCUT2D eigenvalue weighted by atomic mass is 10.0. The fourth-order valence-electron chi connectivity index (χ4n) is 4.05. The van der Waals surface area contributed by atoms with E-state index in [1.165, 1.54) is 19.3 Å². The molecule has 2 fully saturated rings. The van der Waals surface area contributed by atoms with E-state index in [2.05, 4.69) is 32.2 Å². The molecule has 160 valence electrons. The van der Waals surface area contributed by atoms with Crippen LogP contribution >= 0.6 is 0 Å². The highest BCUT2D eigenvalue weighted by atomic mass is 19.1. The van der Waals surface area contributed by atoms with Crippen molar-refractivity contribution in [2.75, 3.05) is 47.8 Å². The standard InChI is InChI=1S/C21H26F2N6O/c1-15-4-2-3-7-29(15)20-6-5-19(25-26-20)27-8-10-28(11-9-27)21(30)24-18-13-16(22)12-17(23)14-18/h5-6,12-15H,2-4,7-11H2,1H3,(H,24,30). The average molecular weight is 416 g/mol. The Balaban J connectivity index is 1.32. The molecule has 2 aromatic rings. The summed E-state index contributed by atoms with van der Waals surface area (Å²) in [7, 11) is 0. The van der Waals surface area contributed by atoms with Crippen molar-refractivity contribution in [3.8, 4) is 0 Å². The Bertz CT molecular complexity index is 865. The van der Waals surface area contributed by atoms with Crippen LogP contribution in [0, 0.1) is 11.6 Å². The molecule has 0 bridgehead atoms. The highest BCUT2D eigenvalue weighted by molar-refractivity contribution is 5.89. The van der Waals surface area contributed by atoms with Crippen LogP contribution in [0.2, 0.25) is 0 Å². The van der Waals surface area contributed by atoms with Gasteiger partial charge in [-0.3, -0.25) is 0 Å². The Hall–Kier alpha value is -2.97. The fraction of sp³-hybridized carbons (Fsp3) is 0.476. The molecular formula is C21H26F2N6O. The van der Waals surface area contributed by atoms with Gasteiger partial charge in [0.25, 0.3) is 0 Å². The zero-order valence-corrected chi connectivity index (χ0v) is 17.0. The van der Waals surface area contributed by atoms with E-state index >= 15 is 0 Å². The zero-order chi connectivity index (χ0) is 21.1. The minimum atomic E-state index is -0.726. The molecule has 4 rings (SSSR count). The number of piperidine rings is 1. The molecule has 2 amide bonds. The van der Waals surface area contributed by atoms with Gasteiger partial charge in [-0.05, 0) is 50.5 Å². The number of aromatic nitrogens is 2. The first-order valence-corrected chi connectivity index (χ1v) is 10.4. The quantitative estimate of drug-likeness (QED) is 0.830. The van der Waals surface area contributed by atoms with E-state index in [1.54, 1.807) is 4.90 Å². The van der Waals surface area contributed by atoms with Crippen LogP contribution in [0.5, 0.6) is 0 Å². The van der Waals surface area contributed by atoms with Crippen molar-refractivity contribution in [3.05, 3.63) is 42.0 Å². The van der Waals surface area contributed by atoms with E-state index in [-0.39, 0.29) is 11.7 Å². The van der Waals surface area contributed by atoms with Crippen LogP contribution in [-0.4, -0.2) is 59.9 Å². The van der Waals surface area contributed by atoms with Gasteiger partial charge in [-0.25, -0.2) is 13.6 Å². The van der Waals surface area contributed by atoms with E-state index in [9.17, 15) is 13.6 Å². The number of nitrogens with one attached hydrogen (secondary N) is 1. The molecule has 0 spiro atoms. The van der Waals surface area contributed by atoms with Gasteiger partial charge in [0.05, 0.1) is 0 Å². The smallest absolute Gasteiger partial charge is 0.321 e. The molecule has 0 aliphatic carbocycles. The second-order valence-corrected chi connectivity index (χ2v) is 7.85. The van der Waals surface area contributed by atoms with E-state index in [0.29, 0.717) is 32.2 Å². The van der Waals surface area contributed by atoms with Gasteiger partial charge in [-0.15, -0.1) is 10.2 Å². The Morgan fingerprint density at radius 1 is 0.967 bits per heavy atom. The molecule has 30 heavy (non-hydrogen) atoms. The number of hydrogen-bond donors (Lipinski definition) is 1. The second kappa shape index (κ2) is 8.81. The molecule has 2 aliphatic heterocycles. The van der Waals surface area contributed by atoms with Crippen LogP contribution in [0.3, 0.4) is 0 Å². The van der Waals surface area contributed by atoms with Crippen molar-refractivity contribution < 1.29 is 13.6 Å². The number of rotatable bonds is 3. The lowest BCUT2D eigenvalue weighted by molar-refractivity contribution is 0.208. The van der Waals surface area contributed by atoms with Gasteiger partial charge >= 0.3 is 6.03 Å². The summed E-state index contributed by atoms with van der Waals surface area (Å²) >= 11 is 0. The summed E-state index contributed by atoms with van der Waals surface area (Å²) in [6, 6.07) is 7.06. The summed E-state index contributed by atoms with van der Waals surface area (Å²) in [6.07, 6.45) is 3.62. The van der Waals surface area contributed by atoms with E-state index in [1.807, 2.05) is 12.1 Å². The van der Waals surface area contributed by atoms with E-state index in [0.717, 1.165) is 36.4 Å². The summed E-state index contributed by atoms with van der Waals surface area (Å²) in [5.74, 6) is 0.245. The molecule has 1 unspecified atom stereocenters. The minimum Gasteiger partial charge on any atom is -0.352 e. The first kappa shape index (κ1) is 20.3. The van der Waals surface area contributed by atoms with Gasteiger partial charge in [0, 0.05) is 50.5 Å². The van der Waals surface area contributed by atoms with Crippen LogP contribution in [0.1, 0.15) is 26.2 Å². The maximum atomic E-state index is 13.3. The highest BCUT2D eigenvalue weighted by Crippen LogP contribution is 2.24.